The number of carbonyl (C=O) groups is 2. The fourth-order valence-electron chi connectivity index (χ4n) is 4.55. The minimum absolute atomic E-state index is 0.124. The highest BCUT2D eigenvalue weighted by Gasteiger charge is 2.46. The molecule has 0 spiro atoms. The molecule has 2 amide bonds. The van der Waals surface area contributed by atoms with Crippen LogP contribution in [-0.2, 0) is 17.8 Å². The van der Waals surface area contributed by atoms with Crippen molar-refractivity contribution in [3.63, 3.8) is 0 Å². The molecule has 188 valence electrons. The van der Waals surface area contributed by atoms with Crippen LogP contribution in [0.2, 0.25) is 0 Å². The van der Waals surface area contributed by atoms with Gasteiger partial charge in [0, 0.05) is 6.54 Å². The number of nitrogens with zero attached hydrogens (tertiary/aromatic N) is 1. The third-order valence-corrected chi connectivity index (χ3v) is 6.37. The molecule has 4 rings (SSSR count). The summed E-state index contributed by atoms with van der Waals surface area (Å²) in [6.45, 7) is 4.51. The van der Waals surface area contributed by atoms with Crippen molar-refractivity contribution in [1.82, 2.24) is 15.5 Å². The number of carbonyl (C=O) groups excluding carboxylic acids is 2. The topological polar surface area (TPSA) is 90.9 Å². The van der Waals surface area contributed by atoms with Gasteiger partial charge in [0.1, 0.15) is 11.8 Å². The van der Waals surface area contributed by atoms with Crippen LogP contribution in [0.3, 0.4) is 0 Å². The maximum atomic E-state index is 13.6. The Morgan fingerprint density at radius 3 is 2.08 bits per heavy atom. The molecule has 7 nitrogen and oxygen atoms in total. The minimum Gasteiger partial charge on any atom is -0.410 e. The molecule has 0 aliphatic carbocycles. The van der Waals surface area contributed by atoms with Gasteiger partial charge in [0.2, 0.25) is 5.91 Å². The van der Waals surface area contributed by atoms with Gasteiger partial charge < -0.3 is 20.1 Å². The molecule has 36 heavy (non-hydrogen) atoms. The third-order valence-electron chi connectivity index (χ3n) is 6.37. The van der Waals surface area contributed by atoms with Crippen molar-refractivity contribution in [3.8, 4) is 5.75 Å². The van der Waals surface area contributed by atoms with Crippen molar-refractivity contribution in [1.29, 1.82) is 0 Å². The lowest BCUT2D eigenvalue weighted by Crippen LogP contribution is -2.55. The largest absolute Gasteiger partial charge is 0.412 e. The maximum absolute atomic E-state index is 13.6. The standard InChI is InChI=1S/C29H33N3O4/c1-20(2)27-31-25(28(34)32(27)19-22-14-8-4-9-15-22)26(33)24(18-21-12-6-3-7-13-21)30-29(35)36-23-16-10-5-11-17-23/h3-17,20,24-27,31,33H,18-19H2,1-2H3,(H,30,35)/t24-,25?,26+,27?/m0/s1. The van der Waals surface area contributed by atoms with Gasteiger partial charge in [-0.2, -0.15) is 0 Å². The first-order valence-corrected chi connectivity index (χ1v) is 12.3. The van der Waals surface area contributed by atoms with Crippen LogP contribution >= 0.6 is 0 Å². The number of rotatable bonds is 9. The first-order valence-electron chi connectivity index (χ1n) is 12.3. The van der Waals surface area contributed by atoms with Gasteiger partial charge in [0.15, 0.2) is 0 Å². The molecule has 3 N–H and O–H groups in total. The van der Waals surface area contributed by atoms with Gasteiger partial charge in [0.25, 0.3) is 0 Å². The predicted molar refractivity (Wildman–Crippen MR) is 138 cm³/mol. The van der Waals surface area contributed by atoms with Crippen LogP contribution in [-0.4, -0.2) is 46.4 Å². The van der Waals surface area contributed by atoms with E-state index in [1.165, 1.54) is 0 Å². The highest BCUT2D eigenvalue weighted by molar-refractivity contribution is 5.85. The normalized spacial score (nSPS) is 19.2. The smallest absolute Gasteiger partial charge is 0.410 e. The van der Waals surface area contributed by atoms with Gasteiger partial charge >= 0.3 is 6.09 Å². The molecule has 0 aromatic heterocycles. The summed E-state index contributed by atoms with van der Waals surface area (Å²) in [4.78, 5) is 28.1. The zero-order valence-corrected chi connectivity index (χ0v) is 20.6. The Balaban J connectivity index is 1.53. The Morgan fingerprint density at radius 1 is 0.944 bits per heavy atom. The van der Waals surface area contributed by atoms with Crippen molar-refractivity contribution in [2.24, 2.45) is 5.92 Å². The highest BCUT2D eigenvalue weighted by Crippen LogP contribution is 2.24. The van der Waals surface area contributed by atoms with E-state index in [0.29, 0.717) is 18.7 Å². The van der Waals surface area contributed by atoms with Crippen LogP contribution in [0.15, 0.2) is 91.0 Å². The second kappa shape index (κ2) is 11.8. The second-order valence-electron chi connectivity index (χ2n) is 9.42. The van der Waals surface area contributed by atoms with E-state index >= 15 is 0 Å². The third kappa shape index (κ3) is 6.30. The zero-order chi connectivity index (χ0) is 25.5. The zero-order valence-electron chi connectivity index (χ0n) is 20.6. The Labute approximate surface area is 212 Å². The number of benzene rings is 3. The fraction of sp³-hybridized carbons (Fsp3) is 0.310. The lowest BCUT2D eigenvalue weighted by Gasteiger charge is -2.27. The Hall–Kier alpha value is -3.68. The minimum atomic E-state index is -1.18. The fourth-order valence-corrected chi connectivity index (χ4v) is 4.55. The van der Waals surface area contributed by atoms with Gasteiger partial charge in [0.05, 0.1) is 18.3 Å². The number of aliphatic hydroxyl groups is 1. The molecule has 1 fully saturated rings. The van der Waals surface area contributed by atoms with E-state index in [9.17, 15) is 14.7 Å². The average molecular weight is 488 g/mol. The van der Waals surface area contributed by atoms with Crippen molar-refractivity contribution in [2.45, 2.75) is 51.2 Å². The van der Waals surface area contributed by atoms with Crippen LogP contribution in [0.4, 0.5) is 4.79 Å². The van der Waals surface area contributed by atoms with E-state index in [-0.39, 0.29) is 18.0 Å². The average Bonchev–Trinajstić information content (AvgIpc) is 3.21. The van der Waals surface area contributed by atoms with Crippen LogP contribution in [0, 0.1) is 5.92 Å². The van der Waals surface area contributed by atoms with E-state index in [0.717, 1.165) is 11.1 Å². The summed E-state index contributed by atoms with van der Waals surface area (Å²) >= 11 is 0. The van der Waals surface area contributed by atoms with E-state index in [2.05, 4.69) is 10.6 Å². The molecule has 7 heteroatoms. The van der Waals surface area contributed by atoms with Crippen molar-refractivity contribution in [2.75, 3.05) is 0 Å². The number of aliphatic hydroxyl groups excluding tert-OH is 1. The number of amides is 2. The number of hydrogen-bond donors (Lipinski definition) is 3. The van der Waals surface area contributed by atoms with E-state index in [4.69, 9.17) is 4.74 Å². The first kappa shape index (κ1) is 25.4. The van der Waals surface area contributed by atoms with E-state index < -0.39 is 24.3 Å². The lowest BCUT2D eigenvalue weighted by molar-refractivity contribution is -0.133. The number of para-hydroxylation sites is 1. The molecule has 0 radical (unpaired) electrons. The Bertz CT molecular complexity index is 1130. The summed E-state index contributed by atoms with van der Waals surface area (Å²) in [6.07, 6.45) is -1.77. The molecule has 1 saturated heterocycles. The van der Waals surface area contributed by atoms with Crippen molar-refractivity contribution < 1.29 is 19.4 Å². The monoisotopic (exact) mass is 487 g/mol. The van der Waals surface area contributed by atoms with Gasteiger partial charge in [-0.3, -0.25) is 10.1 Å². The van der Waals surface area contributed by atoms with E-state index in [1.54, 1.807) is 29.2 Å². The lowest BCUT2D eigenvalue weighted by atomic mass is 9.96. The van der Waals surface area contributed by atoms with Crippen LogP contribution in [0.5, 0.6) is 5.75 Å². The molecular formula is C29H33N3O4. The molecular weight excluding hydrogens is 454 g/mol. The molecule has 0 bridgehead atoms. The van der Waals surface area contributed by atoms with Gasteiger partial charge in [-0.1, -0.05) is 92.7 Å². The first-order chi connectivity index (χ1) is 17.4. The Morgan fingerprint density at radius 2 is 1.50 bits per heavy atom. The number of ether oxygens (including phenoxy) is 1. The second-order valence-corrected chi connectivity index (χ2v) is 9.42. The highest BCUT2D eigenvalue weighted by atomic mass is 16.6. The molecule has 3 aromatic rings. The molecule has 2 unspecified atom stereocenters. The van der Waals surface area contributed by atoms with Crippen LogP contribution in [0.1, 0.15) is 25.0 Å². The molecule has 4 atom stereocenters. The Kier molecular flexibility index (Phi) is 8.36. The summed E-state index contributed by atoms with van der Waals surface area (Å²) < 4.78 is 5.40. The number of hydrogen-bond acceptors (Lipinski definition) is 5. The van der Waals surface area contributed by atoms with Gasteiger partial charge in [-0.25, -0.2) is 4.79 Å². The van der Waals surface area contributed by atoms with Gasteiger partial charge in [-0.15, -0.1) is 0 Å². The maximum Gasteiger partial charge on any atom is 0.412 e. The SMILES string of the molecule is CC(C)C1NC([C@H](O)[C@H](Cc2ccccc2)NC(=O)Oc2ccccc2)C(=O)N1Cc1ccccc1. The van der Waals surface area contributed by atoms with E-state index in [1.807, 2.05) is 80.6 Å². The summed E-state index contributed by atoms with van der Waals surface area (Å²) in [5.41, 5.74) is 1.94. The van der Waals surface area contributed by atoms with Crippen LogP contribution in [0.25, 0.3) is 0 Å². The quantitative estimate of drug-likeness (QED) is 0.428. The van der Waals surface area contributed by atoms with Crippen LogP contribution < -0.4 is 15.4 Å². The number of nitrogens with one attached hydrogen (secondary N) is 2. The summed E-state index contributed by atoms with van der Waals surface area (Å²) in [7, 11) is 0. The molecule has 3 aromatic carbocycles. The molecule has 1 aliphatic rings. The molecule has 1 aliphatic heterocycles. The van der Waals surface area contributed by atoms with Crippen molar-refractivity contribution >= 4 is 12.0 Å². The molecule has 0 saturated carbocycles. The summed E-state index contributed by atoms with van der Waals surface area (Å²) in [5.74, 6) is 0.326. The predicted octanol–water partition coefficient (Wildman–Crippen LogP) is 3.73. The summed E-state index contributed by atoms with van der Waals surface area (Å²) in [5, 5.41) is 17.6. The molecule has 1 heterocycles. The van der Waals surface area contributed by atoms with Crippen molar-refractivity contribution in [3.05, 3.63) is 102 Å². The van der Waals surface area contributed by atoms with Gasteiger partial charge in [-0.05, 0) is 35.6 Å². The summed E-state index contributed by atoms with van der Waals surface area (Å²) in [6, 6.07) is 26.4.